The van der Waals surface area contributed by atoms with Crippen molar-refractivity contribution in [2.75, 3.05) is 62.3 Å². The molecular weight excluding hydrogens is 584 g/mol. The van der Waals surface area contributed by atoms with Crippen LogP contribution in [0.5, 0.6) is 0 Å². The van der Waals surface area contributed by atoms with Gasteiger partial charge in [-0.25, -0.2) is 32.7 Å². The molecule has 0 unspecified atom stereocenters. The van der Waals surface area contributed by atoms with Crippen molar-refractivity contribution in [3.8, 4) is 11.3 Å². The lowest BCUT2D eigenvalue weighted by Crippen LogP contribution is -2.48. The number of sulfone groups is 1. The highest BCUT2D eigenvalue weighted by Crippen LogP contribution is 2.32. The summed E-state index contributed by atoms with van der Waals surface area (Å²) in [5.41, 5.74) is 3.54. The summed E-state index contributed by atoms with van der Waals surface area (Å²) in [7, 11) is -3.89. The highest BCUT2D eigenvalue weighted by Gasteiger charge is 2.27. The zero-order chi connectivity index (χ0) is 30.3. The summed E-state index contributed by atoms with van der Waals surface area (Å²) in [4.78, 5) is 30.9. The number of nitrogens with zero attached hydrogens (tertiary/aromatic N) is 8. The van der Waals surface area contributed by atoms with Crippen molar-refractivity contribution < 1.29 is 23.1 Å². The van der Waals surface area contributed by atoms with Gasteiger partial charge in [-0.1, -0.05) is 18.2 Å². The Balaban J connectivity index is 1.28. The van der Waals surface area contributed by atoms with E-state index in [1.54, 1.807) is 29.0 Å². The highest BCUT2D eigenvalue weighted by atomic mass is 32.2. The van der Waals surface area contributed by atoms with Gasteiger partial charge in [0.2, 0.25) is 9.84 Å². The smallest absolute Gasteiger partial charge is 0.407 e. The largest absolute Gasteiger partial charge is 0.465 e. The van der Waals surface area contributed by atoms with Gasteiger partial charge in [-0.15, -0.1) is 0 Å². The van der Waals surface area contributed by atoms with Crippen LogP contribution in [-0.2, 0) is 20.3 Å². The molecule has 0 spiro atoms. The molecule has 2 saturated heterocycles. The number of anilines is 2. The maximum Gasteiger partial charge on any atom is 0.407 e. The van der Waals surface area contributed by atoms with Gasteiger partial charge < -0.3 is 24.5 Å². The van der Waals surface area contributed by atoms with Crippen LogP contribution in [0.1, 0.15) is 5.69 Å². The fourth-order valence-corrected chi connectivity index (χ4v) is 6.96. The summed E-state index contributed by atoms with van der Waals surface area (Å²) >= 11 is 0. The quantitative estimate of drug-likeness (QED) is 0.301. The van der Waals surface area contributed by atoms with E-state index < -0.39 is 15.9 Å². The Bertz CT molecular complexity index is 1950. The molecule has 2 aliphatic heterocycles. The van der Waals surface area contributed by atoms with E-state index in [9.17, 15) is 18.3 Å². The van der Waals surface area contributed by atoms with Crippen molar-refractivity contribution in [1.82, 2.24) is 29.5 Å². The maximum absolute atomic E-state index is 13.8. The lowest BCUT2D eigenvalue weighted by Gasteiger charge is -2.33. The van der Waals surface area contributed by atoms with E-state index in [2.05, 4.69) is 20.0 Å². The van der Waals surface area contributed by atoms with Crippen LogP contribution in [0.4, 0.5) is 16.3 Å². The molecule has 0 atom stereocenters. The third-order valence-electron chi connectivity index (χ3n) is 8.04. The number of benzene rings is 1. The van der Waals surface area contributed by atoms with Crippen molar-refractivity contribution in [2.45, 2.75) is 10.8 Å². The van der Waals surface area contributed by atoms with Gasteiger partial charge in [0.25, 0.3) is 0 Å². The Hall–Kier alpha value is -4.82. The first-order valence-corrected chi connectivity index (χ1v) is 16.0. The molecule has 2 aliphatic rings. The second kappa shape index (κ2) is 11.4. The van der Waals surface area contributed by atoms with Gasteiger partial charge in [-0.05, 0) is 36.4 Å². The van der Waals surface area contributed by atoms with E-state index in [0.717, 1.165) is 11.1 Å². The highest BCUT2D eigenvalue weighted by molar-refractivity contribution is 7.90. The number of morpholine rings is 1. The average molecular weight is 615 g/mol. The molecule has 0 saturated carbocycles. The number of rotatable bonds is 6. The zero-order valence-electron chi connectivity index (χ0n) is 23.8. The zero-order valence-corrected chi connectivity index (χ0v) is 24.6. The average Bonchev–Trinajstić information content (AvgIpc) is 3.42. The molecule has 5 aromatic rings. The monoisotopic (exact) mass is 614 g/mol. The van der Waals surface area contributed by atoms with Crippen molar-refractivity contribution in [3.05, 3.63) is 72.7 Å². The molecule has 4 aromatic heterocycles. The number of aromatic nitrogens is 5. The van der Waals surface area contributed by atoms with E-state index in [1.165, 1.54) is 11.0 Å². The van der Waals surface area contributed by atoms with E-state index in [-0.39, 0.29) is 10.8 Å². The Labute approximate surface area is 253 Å². The van der Waals surface area contributed by atoms with Crippen LogP contribution < -0.4 is 9.80 Å². The number of hydrogen-bond acceptors (Lipinski definition) is 10. The molecule has 44 heavy (non-hydrogen) atoms. The van der Waals surface area contributed by atoms with Gasteiger partial charge >= 0.3 is 6.09 Å². The number of fused-ring (bicyclic) bond motifs is 2. The van der Waals surface area contributed by atoms with Gasteiger partial charge in [0.05, 0.1) is 42.0 Å². The van der Waals surface area contributed by atoms with Crippen LogP contribution in [0.2, 0.25) is 0 Å². The van der Waals surface area contributed by atoms with Crippen molar-refractivity contribution >= 4 is 44.0 Å². The van der Waals surface area contributed by atoms with E-state index in [4.69, 9.17) is 9.72 Å². The summed E-state index contributed by atoms with van der Waals surface area (Å²) in [6, 6.07) is 16.3. The minimum absolute atomic E-state index is 0.0189. The number of ether oxygens (including phenoxy) is 1. The summed E-state index contributed by atoms with van der Waals surface area (Å²) in [6.07, 6.45) is 2.46. The first-order valence-electron chi connectivity index (χ1n) is 14.3. The lowest BCUT2D eigenvalue weighted by atomic mass is 10.1. The molecular formula is C30H30N8O5S. The lowest BCUT2D eigenvalue weighted by molar-refractivity contribution is 0.123. The first-order chi connectivity index (χ1) is 21.4. The summed E-state index contributed by atoms with van der Waals surface area (Å²) in [5, 5.41) is 14.7. The normalized spacial score (nSPS) is 16.1. The molecule has 226 valence electrons. The molecule has 13 nitrogen and oxygen atoms in total. The van der Waals surface area contributed by atoms with Crippen LogP contribution in [0.15, 0.2) is 72.0 Å². The van der Waals surface area contributed by atoms with Crippen LogP contribution in [0.25, 0.3) is 27.8 Å². The fraction of sp³-hybridized carbons (Fsp3) is 0.300. The predicted octanol–water partition coefficient (Wildman–Crippen LogP) is 2.95. The molecule has 7 rings (SSSR count). The second-order valence-electron chi connectivity index (χ2n) is 10.7. The molecule has 1 N–H and O–H groups in total. The Morgan fingerprint density at radius 1 is 0.886 bits per heavy atom. The number of piperazine rings is 1. The summed E-state index contributed by atoms with van der Waals surface area (Å²) in [5.74, 6) is 0.336. The minimum atomic E-state index is -3.89. The Morgan fingerprint density at radius 3 is 2.43 bits per heavy atom. The number of carbonyl (C=O) groups is 1. The number of para-hydroxylation sites is 1. The first kappa shape index (κ1) is 28.0. The number of pyridine rings is 2. The Kier molecular flexibility index (Phi) is 7.22. The molecule has 0 radical (unpaired) electrons. The van der Waals surface area contributed by atoms with Crippen LogP contribution in [0.3, 0.4) is 0 Å². The van der Waals surface area contributed by atoms with Crippen LogP contribution in [0, 0.1) is 0 Å². The van der Waals surface area contributed by atoms with Crippen LogP contribution in [-0.4, -0.2) is 102 Å². The summed E-state index contributed by atoms with van der Waals surface area (Å²) in [6.45, 7) is 4.38. The standard InChI is InChI=1S/C30H30N8O5S/c39-30(40)37-13-11-36(12-14-37)26-7-5-22(19-31-26)28-24(20-44(41,42)27-8-6-21-3-1-2-4-23(21)33-27)34-29-25(9-10-32-38(28)29)35-15-17-43-18-16-35/h1-10,19H,11-18,20H2,(H,39,40). The number of amides is 1. The van der Waals surface area contributed by atoms with Gasteiger partial charge in [-0.2, -0.15) is 5.10 Å². The van der Waals surface area contributed by atoms with Crippen LogP contribution >= 0.6 is 0 Å². The van der Waals surface area contributed by atoms with Gasteiger partial charge in [0, 0.05) is 56.4 Å². The van der Waals surface area contributed by atoms with Gasteiger partial charge in [0.1, 0.15) is 11.6 Å². The van der Waals surface area contributed by atoms with E-state index in [1.807, 2.05) is 41.3 Å². The molecule has 1 aromatic carbocycles. The molecule has 0 bridgehead atoms. The fourth-order valence-electron chi connectivity index (χ4n) is 5.73. The Morgan fingerprint density at radius 2 is 1.68 bits per heavy atom. The third kappa shape index (κ3) is 5.26. The molecule has 2 fully saturated rings. The van der Waals surface area contributed by atoms with Crippen molar-refractivity contribution in [3.63, 3.8) is 0 Å². The third-order valence-corrected chi connectivity index (χ3v) is 9.55. The predicted molar refractivity (Wildman–Crippen MR) is 164 cm³/mol. The minimum Gasteiger partial charge on any atom is -0.465 e. The van der Waals surface area contributed by atoms with Gasteiger partial charge in [-0.3, -0.25) is 0 Å². The van der Waals surface area contributed by atoms with Crippen molar-refractivity contribution in [2.24, 2.45) is 0 Å². The molecule has 6 heterocycles. The second-order valence-corrected chi connectivity index (χ2v) is 12.7. The van der Waals surface area contributed by atoms with E-state index >= 15 is 0 Å². The number of hydrogen-bond donors (Lipinski definition) is 1. The van der Waals surface area contributed by atoms with Crippen molar-refractivity contribution in [1.29, 1.82) is 0 Å². The SMILES string of the molecule is O=C(O)N1CCN(c2ccc(-c3c(CS(=O)(=O)c4ccc5ccccc5n4)nc4c(N5CCOCC5)ccnn34)cn2)CC1. The molecule has 0 aliphatic carbocycles. The van der Waals surface area contributed by atoms with E-state index in [0.29, 0.717) is 86.4 Å². The van der Waals surface area contributed by atoms with Gasteiger partial charge in [0.15, 0.2) is 10.7 Å². The molecule has 14 heteroatoms. The maximum atomic E-state index is 13.8. The number of carboxylic acid groups (broad SMARTS) is 1. The summed E-state index contributed by atoms with van der Waals surface area (Å²) < 4.78 is 34.8. The topological polar surface area (TPSA) is 146 Å². The molecule has 1 amide bonds. The number of imidazole rings is 1.